The van der Waals surface area contributed by atoms with E-state index < -0.39 is 0 Å². The molecule has 0 radical (unpaired) electrons. The lowest BCUT2D eigenvalue weighted by Crippen LogP contribution is -2.27. The highest BCUT2D eigenvalue weighted by Crippen LogP contribution is 2.18. The Morgan fingerprint density at radius 1 is 1.60 bits per heavy atom. The van der Waals surface area contributed by atoms with E-state index in [-0.39, 0.29) is 0 Å². The van der Waals surface area contributed by atoms with Crippen molar-refractivity contribution < 1.29 is 4.74 Å². The van der Waals surface area contributed by atoms with Crippen molar-refractivity contribution in [2.24, 2.45) is 10.9 Å². The zero-order valence-corrected chi connectivity index (χ0v) is 10.2. The highest BCUT2D eigenvalue weighted by molar-refractivity contribution is 8.14. The molecular formula is C11H20N2OS. The first-order valence-corrected chi connectivity index (χ1v) is 6.88. The van der Waals surface area contributed by atoms with Crippen molar-refractivity contribution in [1.29, 1.82) is 0 Å². The van der Waals surface area contributed by atoms with Crippen LogP contribution in [0.3, 0.4) is 0 Å². The van der Waals surface area contributed by atoms with Gasteiger partial charge in [0.2, 0.25) is 0 Å². The van der Waals surface area contributed by atoms with Crippen LogP contribution in [0.25, 0.3) is 0 Å². The molecule has 4 heteroatoms. The van der Waals surface area contributed by atoms with E-state index in [0.717, 1.165) is 24.9 Å². The standard InChI is InChI=1S/C11H20N2OS/c1-2-10-8-15-11(13-10)12-6-9-4-3-5-14-7-9/h9-10H,2-8H2,1H3,(H,12,13). The van der Waals surface area contributed by atoms with Gasteiger partial charge >= 0.3 is 0 Å². The summed E-state index contributed by atoms with van der Waals surface area (Å²) in [5.41, 5.74) is 0. The van der Waals surface area contributed by atoms with Gasteiger partial charge in [0.15, 0.2) is 5.17 Å². The first-order valence-electron chi connectivity index (χ1n) is 5.90. The molecular weight excluding hydrogens is 208 g/mol. The Morgan fingerprint density at radius 3 is 3.20 bits per heavy atom. The Morgan fingerprint density at radius 2 is 2.53 bits per heavy atom. The van der Waals surface area contributed by atoms with E-state index >= 15 is 0 Å². The van der Waals surface area contributed by atoms with E-state index in [2.05, 4.69) is 17.2 Å². The van der Waals surface area contributed by atoms with Crippen LogP contribution in [0.5, 0.6) is 0 Å². The highest BCUT2D eigenvalue weighted by Gasteiger charge is 2.19. The second-order valence-electron chi connectivity index (χ2n) is 4.29. The van der Waals surface area contributed by atoms with E-state index in [0.29, 0.717) is 12.0 Å². The topological polar surface area (TPSA) is 33.6 Å². The molecule has 15 heavy (non-hydrogen) atoms. The molecule has 2 rings (SSSR count). The van der Waals surface area contributed by atoms with Crippen LogP contribution in [0.2, 0.25) is 0 Å². The van der Waals surface area contributed by atoms with Gasteiger partial charge in [-0.05, 0) is 19.3 Å². The van der Waals surface area contributed by atoms with Crippen molar-refractivity contribution >= 4 is 16.9 Å². The summed E-state index contributed by atoms with van der Waals surface area (Å²) in [5, 5.41) is 4.60. The molecule has 2 fully saturated rings. The van der Waals surface area contributed by atoms with Gasteiger partial charge in [0, 0.05) is 30.9 Å². The molecule has 0 aliphatic carbocycles. The minimum atomic E-state index is 0.636. The number of thioether (sulfide) groups is 1. The van der Waals surface area contributed by atoms with Crippen LogP contribution in [-0.2, 0) is 4.74 Å². The smallest absolute Gasteiger partial charge is 0.156 e. The molecule has 2 aliphatic heterocycles. The third-order valence-electron chi connectivity index (χ3n) is 2.99. The predicted octanol–water partition coefficient (Wildman–Crippen LogP) is 1.88. The van der Waals surface area contributed by atoms with Gasteiger partial charge in [-0.15, -0.1) is 0 Å². The summed E-state index contributed by atoms with van der Waals surface area (Å²) < 4.78 is 5.44. The van der Waals surface area contributed by atoms with Crippen molar-refractivity contribution in [3.63, 3.8) is 0 Å². The Bertz CT molecular complexity index is 227. The van der Waals surface area contributed by atoms with Crippen LogP contribution in [0.15, 0.2) is 4.99 Å². The lowest BCUT2D eigenvalue weighted by molar-refractivity contribution is 0.0582. The van der Waals surface area contributed by atoms with Gasteiger partial charge in [-0.3, -0.25) is 4.99 Å². The molecule has 0 amide bonds. The van der Waals surface area contributed by atoms with Gasteiger partial charge in [0.05, 0.1) is 6.61 Å². The maximum absolute atomic E-state index is 5.44. The number of hydrogen-bond acceptors (Lipinski definition) is 3. The fraction of sp³-hybridized carbons (Fsp3) is 0.909. The Kier molecular flexibility index (Phi) is 4.32. The molecule has 2 saturated heterocycles. The molecule has 1 N–H and O–H groups in total. The largest absolute Gasteiger partial charge is 0.381 e. The maximum atomic E-state index is 5.44. The van der Waals surface area contributed by atoms with Crippen LogP contribution < -0.4 is 5.32 Å². The normalized spacial score (nSPS) is 34.3. The van der Waals surface area contributed by atoms with E-state index in [1.807, 2.05) is 11.8 Å². The summed E-state index contributed by atoms with van der Waals surface area (Å²) in [7, 11) is 0. The van der Waals surface area contributed by atoms with Crippen molar-refractivity contribution in [3.8, 4) is 0 Å². The number of aliphatic imine (C=N–C) groups is 1. The molecule has 2 unspecified atom stereocenters. The number of nitrogens with one attached hydrogen (secondary N) is 1. The maximum Gasteiger partial charge on any atom is 0.156 e. The monoisotopic (exact) mass is 228 g/mol. The molecule has 2 aliphatic rings. The minimum Gasteiger partial charge on any atom is -0.381 e. The number of hydrogen-bond donors (Lipinski definition) is 1. The summed E-state index contributed by atoms with van der Waals surface area (Å²) in [6.07, 6.45) is 3.67. The molecule has 86 valence electrons. The second-order valence-corrected chi connectivity index (χ2v) is 5.30. The van der Waals surface area contributed by atoms with Crippen LogP contribution in [0.4, 0.5) is 0 Å². The molecule has 0 aromatic heterocycles. The van der Waals surface area contributed by atoms with E-state index in [4.69, 9.17) is 4.74 Å². The van der Waals surface area contributed by atoms with Gasteiger partial charge in [0.1, 0.15) is 0 Å². The van der Waals surface area contributed by atoms with Crippen LogP contribution in [-0.4, -0.2) is 36.7 Å². The van der Waals surface area contributed by atoms with Crippen molar-refractivity contribution in [3.05, 3.63) is 0 Å². The third kappa shape index (κ3) is 3.38. The highest BCUT2D eigenvalue weighted by atomic mass is 32.2. The first-order chi connectivity index (χ1) is 7.38. The molecule has 0 spiro atoms. The average Bonchev–Trinajstić information content (AvgIpc) is 2.76. The quantitative estimate of drug-likeness (QED) is 0.801. The molecule has 2 atom stereocenters. The fourth-order valence-corrected chi connectivity index (χ4v) is 3.01. The van der Waals surface area contributed by atoms with Crippen LogP contribution >= 0.6 is 11.8 Å². The van der Waals surface area contributed by atoms with Crippen molar-refractivity contribution in [2.45, 2.75) is 32.2 Å². The average molecular weight is 228 g/mol. The van der Waals surface area contributed by atoms with E-state index in [1.165, 1.54) is 25.0 Å². The van der Waals surface area contributed by atoms with Gasteiger partial charge in [-0.2, -0.15) is 0 Å². The molecule has 0 saturated carbocycles. The molecule has 0 bridgehead atoms. The van der Waals surface area contributed by atoms with Gasteiger partial charge in [0.25, 0.3) is 0 Å². The minimum absolute atomic E-state index is 0.636. The predicted molar refractivity (Wildman–Crippen MR) is 65.5 cm³/mol. The summed E-state index contributed by atoms with van der Waals surface area (Å²) in [6.45, 7) is 5.00. The fourth-order valence-electron chi connectivity index (χ4n) is 1.91. The van der Waals surface area contributed by atoms with Crippen LogP contribution in [0, 0.1) is 5.92 Å². The Labute approximate surface area is 96.1 Å². The Hall–Kier alpha value is -0.220. The lowest BCUT2D eigenvalue weighted by atomic mass is 10.0. The molecule has 3 nitrogen and oxygen atoms in total. The second kappa shape index (κ2) is 5.75. The third-order valence-corrected chi connectivity index (χ3v) is 4.08. The zero-order chi connectivity index (χ0) is 10.5. The number of rotatable bonds is 3. The SMILES string of the molecule is CCC1CSC(=NCC2CCCOC2)N1. The zero-order valence-electron chi connectivity index (χ0n) is 9.37. The van der Waals surface area contributed by atoms with E-state index in [9.17, 15) is 0 Å². The van der Waals surface area contributed by atoms with E-state index in [1.54, 1.807) is 0 Å². The van der Waals surface area contributed by atoms with Gasteiger partial charge in [-0.1, -0.05) is 18.7 Å². The summed E-state index contributed by atoms with van der Waals surface area (Å²) in [4.78, 5) is 4.63. The number of amidine groups is 1. The van der Waals surface area contributed by atoms with Crippen LogP contribution in [0.1, 0.15) is 26.2 Å². The van der Waals surface area contributed by atoms with Gasteiger partial charge in [-0.25, -0.2) is 0 Å². The molecule has 0 aromatic rings. The van der Waals surface area contributed by atoms with Gasteiger partial charge < -0.3 is 10.1 Å². The Balaban J connectivity index is 1.73. The first kappa shape index (κ1) is 11.3. The van der Waals surface area contributed by atoms with Crippen molar-refractivity contribution in [1.82, 2.24) is 5.32 Å². The number of nitrogens with zero attached hydrogens (tertiary/aromatic N) is 1. The lowest BCUT2D eigenvalue weighted by Gasteiger charge is -2.20. The summed E-state index contributed by atoms with van der Waals surface area (Å²) >= 11 is 1.86. The molecule has 2 heterocycles. The van der Waals surface area contributed by atoms with Crippen molar-refractivity contribution in [2.75, 3.05) is 25.5 Å². The molecule has 0 aromatic carbocycles. The summed E-state index contributed by atoms with van der Waals surface area (Å²) in [6, 6.07) is 0.636. The summed E-state index contributed by atoms with van der Waals surface area (Å²) in [5.74, 6) is 1.82. The number of ether oxygens (including phenoxy) is 1.